The first-order valence-electron chi connectivity index (χ1n) is 11.6. The van der Waals surface area contributed by atoms with E-state index in [9.17, 15) is 14.0 Å². The monoisotopic (exact) mass is 455 g/mol. The molecule has 1 unspecified atom stereocenters. The quantitative estimate of drug-likeness (QED) is 0.457. The summed E-state index contributed by atoms with van der Waals surface area (Å²) < 4.78 is 18.9. The number of allylic oxidation sites excluding steroid dienone is 2. The molecule has 0 radical (unpaired) electrons. The second-order valence-electron chi connectivity index (χ2n) is 8.95. The molecule has 0 saturated carbocycles. The Hall–Kier alpha value is -3.73. The molecule has 5 heteroatoms. The average molecular weight is 456 g/mol. The number of anilines is 1. The summed E-state index contributed by atoms with van der Waals surface area (Å²) in [6.45, 7) is 2.34. The lowest BCUT2D eigenvalue weighted by molar-refractivity contribution is -0.119. The van der Waals surface area contributed by atoms with E-state index in [0.29, 0.717) is 18.8 Å². The summed E-state index contributed by atoms with van der Waals surface area (Å²) in [6.07, 6.45) is 2.25. The van der Waals surface area contributed by atoms with Crippen molar-refractivity contribution in [3.63, 3.8) is 0 Å². The van der Waals surface area contributed by atoms with Crippen LogP contribution in [0, 0.1) is 12.7 Å². The number of hydrogen-bond acceptors (Lipinski definition) is 3. The number of Topliss-reactive ketones (excluding diaryl/α,β-unsaturated/α-hetero) is 1. The van der Waals surface area contributed by atoms with Gasteiger partial charge in [-0.2, -0.15) is 0 Å². The minimum Gasteiger partial charge on any atom is -0.489 e. The highest BCUT2D eigenvalue weighted by Gasteiger charge is 2.39. The Bertz CT molecular complexity index is 1260. The first-order valence-corrected chi connectivity index (χ1v) is 11.6. The molecule has 3 aromatic rings. The summed E-state index contributed by atoms with van der Waals surface area (Å²) in [4.78, 5) is 28.2. The number of carbonyl (C=O) groups is 2. The van der Waals surface area contributed by atoms with Crippen molar-refractivity contribution in [2.45, 2.75) is 45.1 Å². The smallest absolute Gasteiger partial charge is 0.232 e. The van der Waals surface area contributed by atoms with Crippen molar-refractivity contribution in [2.24, 2.45) is 0 Å². The second kappa shape index (κ2) is 9.26. The minimum atomic E-state index is -0.276. The van der Waals surface area contributed by atoms with Crippen LogP contribution in [0.3, 0.4) is 0 Å². The lowest BCUT2D eigenvalue weighted by atomic mass is 9.77. The number of ether oxygens (including phenoxy) is 1. The number of carbonyl (C=O) groups excluding carboxylic acids is 2. The Balaban J connectivity index is 1.42. The molecule has 0 fully saturated rings. The number of amides is 1. The van der Waals surface area contributed by atoms with E-state index in [1.54, 1.807) is 17.0 Å². The molecule has 4 nitrogen and oxygen atoms in total. The zero-order chi connectivity index (χ0) is 23.7. The fourth-order valence-electron chi connectivity index (χ4n) is 4.89. The van der Waals surface area contributed by atoms with Gasteiger partial charge < -0.3 is 4.74 Å². The van der Waals surface area contributed by atoms with Crippen LogP contribution in [0.4, 0.5) is 10.1 Å². The summed E-state index contributed by atoms with van der Waals surface area (Å²) in [5.74, 6) is 0.305. The van der Waals surface area contributed by atoms with E-state index in [0.717, 1.165) is 46.5 Å². The second-order valence-corrected chi connectivity index (χ2v) is 8.95. The fourth-order valence-corrected chi connectivity index (χ4v) is 4.89. The number of aryl methyl sites for hydroxylation is 1. The summed E-state index contributed by atoms with van der Waals surface area (Å²) in [5.41, 5.74) is 5.34. The van der Waals surface area contributed by atoms with Crippen LogP contribution < -0.4 is 9.64 Å². The van der Waals surface area contributed by atoms with Gasteiger partial charge in [0.25, 0.3) is 0 Å². The van der Waals surface area contributed by atoms with Crippen molar-refractivity contribution in [3.8, 4) is 5.75 Å². The molecule has 34 heavy (non-hydrogen) atoms. The molecule has 0 spiro atoms. The molecular formula is C29H26FNO3. The van der Waals surface area contributed by atoms with Crippen molar-refractivity contribution in [2.75, 3.05) is 4.90 Å². The molecule has 1 amide bonds. The molecular weight excluding hydrogens is 429 g/mol. The van der Waals surface area contributed by atoms with E-state index in [1.165, 1.54) is 12.1 Å². The van der Waals surface area contributed by atoms with Crippen molar-refractivity contribution >= 4 is 17.4 Å². The Labute approximate surface area is 198 Å². The van der Waals surface area contributed by atoms with Crippen molar-refractivity contribution in [1.29, 1.82) is 0 Å². The van der Waals surface area contributed by atoms with Crippen LogP contribution in [0.1, 0.15) is 48.3 Å². The normalized spacial score (nSPS) is 18.2. The number of benzene rings is 3. The summed E-state index contributed by atoms with van der Waals surface area (Å²) >= 11 is 0. The van der Waals surface area contributed by atoms with Crippen LogP contribution in [0.5, 0.6) is 5.75 Å². The van der Waals surface area contributed by atoms with Gasteiger partial charge in [-0.05, 0) is 72.9 Å². The number of ketones is 1. The maximum Gasteiger partial charge on any atom is 0.232 e. The highest BCUT2D eigenvalue weighted by atomic mass is 19.1. The van der Waals surface area contributed by atoms with Crippen LogP contribution in [0.25, 0.3) is 0 Å². The Morgan fingerprint density at radius 2 is 1.74 bits per heavy atom. The maximum absolute atomic E-state index is 13.3. The van der Waals surface area contributed by atoms with Crippen LogP contribution in [-0.4, -0.2) is 11.7 Å². The van der Waals surface area contributed by atoms with Gasteiger partial charge in [0.2, 0.25) is 5.91 Å². The zero-order valence-corrected chi connectivity index (χ0v) is 19.1. The van der Waals surface area contributed by atoms with E-state index in [2.05, 4.69) is 0 Å². The maximum atomic E-state index is 13.3. The third kappa shape index (κ3) is 4.38. The van der Waals surface area contributed by atoms with Gasteiger partial charge in [0.1, 0.15) is 18.2 Å². The molecule has 1 aliphatic heterocycles. The topological polar surface area (TPSA) is 46.6 Å². The van der Waals surface area contributed by atoms with Gasteiger partial charge >= 0.3 is 0 Å². The van der Waals surface area contributed by atoms with Crippen LogP contribution in [-0.2, 0) is 16.2 Å². The lowest BCUT2D eigenvalue weighted by Gasteiger charge is -2.38. The molecule has 3 aromatic carbocycles. The first kappa shape index (κ1) is 22.1. The number of hydrogen-bond donors (Lipinski definition) is 0. The van der Waals surface area contributed by atoms with Crippen molar-refractivity contribution in [3.05, 3.63) is 107 Å². The minimum absolute atomic E-state index is 0.0145. The first-order chi connectivity index (χ1) is 16.5. The molecule has 5 rings (SSSR count). The number of nitrogens with zero attached hydrogens (tertiary/aromatic N) is 1. The van der Waals surface area contributed by atoms with Gasteiger partial charge in [0.05, 0.1) is 0 Å². The van der Waals surface area contributed by atoms with E-state index in [1.807, 2.05) is 55.5 Å². The van der Waals surface area contributed by atoms with Gasteiger partial charge in [-0.3, -0.25) is 14.5 Å². The number of halogens is 1. The molecule has 0 saturated heterocycles. The zero-order valence-electron chi connectivity index (χ0n) is 19.1. The predicted octanol–water partition coefficient (Wildman–Crippen LogP) is 6.24. The van der Waals surface area contributed by atoms with E-state index >= 15 is 0 Å². The molecule has 0 bridgehead atoms. The average Bonchev–Trinajstić information content (AvgIpc) is 2.83. The largest absolute Gasteiger partial charge is 0.489 e. The summed E-state index contributed by atoms with van der Waals surface area (Å²) in [6, 6.07) is 21.7. The van der Waals surface area contributed by atoms with Gasteiger partial charge in [-0.25, -0.2) is 4.39 Å². The van der Waals surface area contributed by atoms with E-state index < -0.39 is 0 Å². The van der Waals surface area contributed by atoms with E-state index in [4.69, 9.17) is 4.74 Å². The van der Waals surface area contributed by atoms with Crippen LogP contribution in [0.15, 0.2) is 84.1 Å². The van der Waals surface area contributed by atoms with Gasteiger partial charge in [-0.1, -0.05) is 36.4 Å². The molecule has 2 aliphatic rings. The van der Waals surface area contributed by atoms with Crippen molar-refractivity contribution < 1.29 is 18.7 Å². The molecule has 1 atom stereocenters. The molecule has 0 N–H and O–H groups in total. The van der Waals surface area contributed by atoms with Gasteiger partial charge in [0, 0.05) is 35.7 Å². The molecule has 1 heterocycles. The lowest BCUT2D eigenvalue weighted by Crippen LogP contribution is -2.40. The standard InChI is InChI=1S/C29H26FNO3/c1-19-4-2-5-23(16-19)31-26-6-3-7-27(32)29(26)25(17-28(31)33)21-10-14-24(15-11-21)34-18-20-8-12-22(30)13-9-20/h2,4-5,8-16,25H,3,6-7,17-18H2,1H3. The van der Waals surface area contributed by atoms with Gasteiger partial charge in [-0.15, -0.1) is 0 Å². The third-order valence-corrected chi connectivity index (χ3v) is 6.54. The van der Waals surface area contributed by atoms with E-state index in [-0.39, 0.29) is 29.8 Å². The SMILES string of the molecule is Cc1cccc(N2C(=O)CC(c3ccc(OCc4ccc(F)cc4)cc3)C3=C2CCCC3=O)c1. The Morgan fingerprint density at radius 1 is 0.971 bits per heavy atom. The molecule has 1 aliphatic carbocycles. The Kier molecular flexibility index (Phi) is 6.01. The van der Waals surface area contributed by atoms with Crippen molar-refractivity contribution in [1.82, 2.24) is 0 Å². The number of rotatable bonds is 5. The molecule has 0 aromatic heterocycles. The highest BCUT2D eigenvalue weighted by molar-refractivity contribution is 6.07. The summed E-state index contributed by atoms with van der Waals surface area (Å²) in [7, 11) is 0. The van der Waals surface area contributed by atoms with Crippen LogP contribution in [0.2, 0.25) is 0 Å². The van der Waals surface area contributed by atoms with Crippen LogP contribution >= 0.6 is 0 Å². The third-order valence-electron chi connectivity index (χ3n) is 6.54. The molecule has 172 valence electrons. The fraction of sp³-hybridized carbons (Fsp3) is 0.241. The summed E-state index contributed by atoms with van der Waals surface area (Å²) in [5, 5.41) is 0. The highest BCUT2D eigenvalue weighted by Crippen LogP contribution is 2.43. The van der Waals surface area contributed by atoms with Gasteiger partial charge in [0.15, 0.2) is 5.78 Å². The Morgan fingerprint density at radius 3 is 2.47 bits per heavy atom. The predicted molar refractivity (Wildman–Crippen MR) is 129 cm³/mol.